The lowest BCUT2D eigenvalue weighted by atomic mass is 9.94. The van der Waals surface area contributed by atoms with Crippen molar-refractivity contribution in [1.82, 2.24) is 19.6 Å². The molecule has 2 aromatic heterocycles. The third kappa shape index (κ3) is 2.45. The molecule has 0 amide bonds. The van der Waals surface area contributed by atoms with Crippen molar-refractivity contribution in [2.24, 2.45) is 0 Å². The number of hydrogen-bond donors (Lipinski definition) is 1. The van der Waals surface area contributed by atoms with E-state index >= 15 is 0 Å². The van der Waals surface area contributed by atoms with E-state index in [2.05, 4.69) is 34.2 Å². The van der Waals surface area contributed by atoms with Gasteiger partial charge in [0.2, 0.25) is 0 Å². The first-order valence-electron chi connectivity index (χ1n) is 6.72. The number of fused-ring (bicyclic) bond motifs is 1. The molecule has 1 unspecified atom stereocenters. The van der Waals surface area contributed by atoms with Crippen molar-refractivity contribution in [3.8, 4) is 0 Å². The van der Waals surface area contributed by atoms with Crippen LogP contribution in [0.3, 0.4) is 0 Å². The van der Waals surface area contributed by atoms with E-state index in [1.165, 1.54) is 6.33 Å². The second-order valence-corrected chi connectivity index (χ2v) is 6.15. The van der Waals surface area contributed by atoms with Gasteiger partial charge < -0.3 is 10.1 Å². The van der Waals surface area contributed by atoms with Crippen molar-refractivity contribution in [2.45, 2.75) is 45.3 Å². The number of ether oxygens (including phenoxy) is 1. The lowest BCUT2D eigenvalue weighted by Gasteiger charge is -2.36. The third-order valence-electron chi connectivity index (χ3n) is 3.64. The monoisotopic (exact) mass is 295 g/mol. The Labute approximate surface area is 122 Å². The first kappa shape index (κ1) is 13.6. The molecular formula is C13H18ClN5O. The van der Waals surface area contributed by atoms with Crippen LogP contribution < -0.4 is 5.32 Å². The van der Waals surface area contributed by atoms with Crippen LogP contribution >= 0.6 is 11.6 Å². The Morgan fingerprint density at radius 1 is 1.50 bits per heavy atom. The summed E-state index contributed by atoms with van der Waals surface area (Å²) in [5.74, 6) is 1.37. The summed E-state index contributed by atoms with van der Waals surface area (Å²) in [6.07, 6.45) is 3.37. The van der Waals surface area contributed by atoms with Gasteiger partial charge in [-0.1, -0.05) is 11.6 Å². The largest absolute Gasteiger partial charge is 0.375 e. The van der Waals surface area contributed by atoms with Crippen LogP contribution in [0.25, 0.3) is 5.78 Å². The minimum Gasteiger partial charge on any atom is -0.375 e. The number of anilines is 1. The minimum absolute atomic E-state index is 0.109. The van der Waals surface area contributed by atoms with E-state index in [0.717, 1.165) is 30.8 Å². The fourth-order valence-corrected chi connectivity index (χ4v) is 2.78. The molecule has 0 saturated carbocycles. The summed E-state index contributed by atoms with van der Waals surface area (Å²) < 4.78 is 7.44. The summed E-state index contributed by atoms with van der Waals surface area (Å²) in [5.41, 5.74) is 0.774. The number of nitrogens with zero attached hydrogens (tertiary/aromatic N) is 4. The van der Waals surface area contributed by atoms with E-state index in [-0.39, 0.29) is 5.60 Å². The average molecular weight is 296 g/mol. The van der Waals surface area contributed by atoms with Crippen LogP contribution in [0.2, 0.25) is 5.15 Å². The molecule has 1 aliphatic rings. The fraction of sp³-hybridized carbons (Fsp3) is 0.615. The van der Waals surface area contributed by atoms with Gasteiger partial charge in [-0.2, -0.15) is 19.6 Å². The molecule has 0 aromatic carbocycles. The summed E-state index contributed by atoms with van der Waals surface area (Å²) in [6, 6.07) is 0.323. The highest BCUT2D eigenvalue weighted by atomic mass is 35.5. The van der Waals surface area contributed by atoms with Crippen LogP contribution in [0.15, 0.2) is 6.33 Å². The first-order chi connectivity index (χ1) is 9.46. The molecule has 3 heterocycles. The predicted molar refractivity (Wildman–Crippen MR) is 77.2 cm³/mol. The van der Waals surface area contributed by atoms with Crippen molar-refractivity contribution in [3.63, 3.8) is 0 Å². The van der Waals surface area contributed by atoms with Crippen LogP contribution in [-0.2, 0) is 4.74 Å². The molecule has 3 rings (SSSR count). The van der Waals surface area contributed by atoms with Gasteiger partial charge in [0.15, 0.2) is 0 Å². The van der Waals surface area contributed by atoms with Crippen LogP contribution in [0.4, 0.5) is 5.82 Å². The molecule has 7 heteroatoms. The zero-order valence-electron chi connectivity index (χ0n) is 11.9. The Bertz CT molecular complexity index is 639. The lowest BCUT2D eigenvalue weighted by Crippen LogP contribution is -2.40. The van der Waals surface area contributed by atoms with Crippen molar-refractivity contribution in [1.29, 1.82) is 0 Å². The highest BCUT2D eigenvalue weighted by molar-refractivity contribution is 6.30. The van der Waals surface area contributed by atoms with E-state index < -0.39 is 0 Å². The highest BCUT2D eigenvalue weighted by Gasteiger charge is 2.29. The molecule has 0 aliphatic carbocycles. The zero-order valence-corrected chi connectivity index (χ0v) is 12.6. The molecule has 0 spiro atoms. The van der Waals surface area contributed by atoms with E-state index in [1.54, 1.807) is 4.52 Å². The second-order valence-electron chi connectivity index (χ2n) is 5.79. The molecule has 6 nitrogen and oxygen atoms in total. The summed E-state index contributed by atoms with van der Waals surface area (Å²) in [5, 5.41) is 8.20. The van der Waals surface area contributed by atoms with Gasteiger partial charge >= 0.3 is 0 Å². The molecule has 1 saturated heterocycles. The number of rotatable bonds is 2. The Morgan fingerprint density at radius 3 is 3.05 bits per heavy atom. The molecule has 2 aromatic rings. The van der Waals surface area contributed by atoms with Crippen molar-refractivity contribution in [2.75, 3.05) is 11.9 Å². The third-order valence-corrected chi connectivity index (χ3v) is 4.01. The zero-order chi connectivity index (χ0) is 14.3. The quantitative estimate of drug-likeness (QED) is 0.862. The van der Waals surface area contributed by atoms with Gasteiger partial charge in [-0.25, -0.2) is 0 Å². The summed E-state index contributed by atoms with van der Waals surface area (Å²) >= 11 is 6.17. The number of hydrogen-bond acceptors (Lipinski definition) is 5. The molecule has 1 fully saturated rings. The smallest absolute Gasteiger partial charge is 0.255 e. The van der Waals surface area contributed by atoms with E-state index in [0.29, 0.717) is 17.0 Å². The van der Waals surface area contributed by atoms with E-state index in [9.17, 15) is 0 Å². The van der Waals surface area contributed by atoms with Crippen LogP contribution in [0.5, 0.6) is 0 Å². The molecule has 20 heavy (non-hydrogen) atoms. The topological polar surface area (TPSA) is 64.3 Å². The summed E-state index contributed by atoms with van der Waals surface area (Å²) in [7, 11) is 0. The standard InChI is InChI=1S/C13H18ClN5O/c1-8-10(14)18-12-15-7-16-19(12)11(8)17-9-4-5-20-13(2,3)6-9/h7,9,17H,4-6H2,1-3H3. The Kier molecular flexibility index (Phi) is 3.30. The summed E-state index contributed by atoms with van der Waals surface area (Å²) in [6.45, 7) is 6.91. The normalized spacial score (nSPS) is 22.1. The van der Waals surface area contributed by atoms with Gasteiger partial charge in [-0.15, -0.1) is 0 Å². The van der Waals surface area contributed by atoms with Crippen LogP contribution in [0, 0.1) is 6.92 Å². The van der Waals surface area contributed by atoms with Crippen molar-refractivity contribution in [3.05, 3.63) is 17.0 Å². The van der Waals surface area contributed by atoms with Gasteiger partial charge in [-0.05, 0) is 33.6 Å². The second kappa shape index (κ2) is 4.86. The molecule has 108 valence electrons. The minimum atomic E-state index is -0.109. The predicted octanol–water partition coefficient (Wildman–Crippen LogP) is 2.46. The van der Waals surface area contributed by atoms with Crippen molar-refractivity contribution >= 4 is 23.2 Å². The van der Waals surface area contributed by atoms with E-state index in [1.807, 2.05) is 6.92 Å². The highest BCUT2D eigenvalue weighted by Crippen LogP contribution is 2.29. The van der Waals surface area contributed by atoms with Crippen molar-refractivity contribution < 1.29 is 4.74 Å². The van der Waals surface area contributed by atoms with Crippen LogP contribution in [0.1, 0.15) is 32.3 Å². The number of nitrogens with one attached hydrogen (secondary N) is 1. The maximum absolute atomic E-state index is 6.17. The van der Waals surface area contributed by atoms with Crippen LogP contribution in [-0.4, -0.2) is 37.8 Å². The lowest BCUT2D eigenvalue weighted by molar-refractivity contribution is -0.0553. The number of halogens is 1. The first-order valence-corrected chi connectivity index (χ1v) is 7.10. The molecule has 0 radical (unpaired) electrons. The average Bonchev–Trinajstić information content (AvgIpc) is 2.81. The number of aromatic nitrogens is 4. The van der Waals surface area contributed by atoms with E-state index in [4.69, 9.17) is 16.3 Å². The van der Waals surface area contributed by atoms with Gasteiger partial charge in [0.1, 0.15) is 17.3 Å². The Hall–Kier alpha value is -1.40. The van der Waals surface area contributed by atoms with Gasteiger partial charge in [-0.3, -0.25) is 0 Å². The maximum atomic E-state index is 6.17. The summed E-state index contributed by atoms with van der Waals surface area (Å²) in [4.78, 5) is 8.30. The Balaban J connectivity index is 1.94. The molecule has 0 bridgehead atoms. The van der Waals surface area contributed by atoms with Gasteiger partial charge in [0, 0.05) is 18.2 Å². The molecule has 1 N–H and O–H groups in total. The Morgan fingerprint density at radius 2 is 2.30 bits per heavy atom. The van der Waals surface area contributed by atoms with Gasteiger partial charge in [0.25, 0.3) is 5.78 Å². The molecule has 1 atom stereocenters. The SMILES string of the molecule is Cc1c(Cl)nc2ncnn2c1NC1CCOC(C)(C)C1. The fourth-order valence-electron chi connectivity index (χ4n) is 2.62. The maximum Gasteiger partial charge on any atom is 0.255 e. The molecular weight excluding hydrogens is 278 g/mol. The molecule has 1 aliphatic heterocycles. The van der Waals surface area contributed by atoms with Gasteiger partial charge in [0.05, 0.1) is 5.60 Å².